The second-order valence-corrected chi connectivity index (χ2v) is 16.0. The predicted molar refractivity (Wildman–Crippen MR) is 132 cm³/mol. The van der Waals surface area contributed by atoms with Crippen LogP contribution in [0.25, 0.3) is 0 Å². The fourth-order valence-electron chi connectivity index (χ4n) is 3.96. The average Bonchev–Trinajstić information content (AvgIpc) is 2.75. The van der Waals surface area contributed by atoms with E-state index in [1.54, 1.807) is 24.3 Å². The van der Waals surface area contributed by atoms with Gasteiger partial charge in [-0.25, -0.2) is 0 Å². The van der Waals surface area contributed by atoms with Crippen LogP contribution in [-0.4, -0.2) is 45.6 Å². The van der Waals surface area contributed by atoms with Gasteiger partial charge in [-0.1, -0.05) is 0 Å². The van der Waals surface area contributed by atoms with Gasteiger partial charge in [0.15, 0.2) is 0 Å². The first kappa shape index (κ1) is 27.8. The molecule has 0 heterocycles. The zero-order chi connectivity index (χ0) is 23.4. The summed E-state index contributed by atoms with van der Waals surface area (Å²) in [6, 6.07) is 6.82. The summed E-state index contributed by atoms with van der Waals surface area (Å²) < 4.78 is 38.8. The molecule has 0 spiro atoms. The number of esters is 1. The van der Waals surface area contributed by atoms with Gasteiger partial charge in [-0.2, -0.15) is 0 Å². The second-order valence-electron chi connectivity index (χ2n) is 8.53. The summed E-state index contributed by atoms with van der Waals surface area (Å²) in [5.41, 5.74) is 0.996. The summed E-state index contributed by atoms with van der Waals surface area (Å²) in [4.78, 5) is 11.9. The number of hydrogen-bond donors (Lipinski definition) is 0. The molecule has 0 saturated heterocycles. The van der Waals surface area contributed by atoms with E-state index in [0.29, 0.717) is 6.16 Å². The van der Waals surface area contributed by atoms with Crippen LogP contribution in [0.3, 0.4) is 0 Å². The molecule has 1 aromatic rings. The molecular weight excluding hydrogens is 431 g/mol. The van der Waals surface area contributed by atoms with Crippen LogP contribution in [-0.2, 0) is 23.6 Å². The Morgan fingerprint density at radius 3 is 1.84 bits per heavy atom. The molecule has 5 nitrogen and oxygen atoms in total. The Bertz CT molecular complexity index is 777. The normalized spacial score (nSPS) is 13.4. The van der Waals surface area contributed by atoms with Crippen molar-refractivity contribution in [2.24, 2.45) is 0 Å². The van der Waals surface area contributed by atoms with Crippen LogP contribution in [0.4, 0.5) is 0 Å². The molecule has 0 aliphatic heterocycles. The topological polar surface area (TPSA) is 69.7 Å². The van der Waals surface area contributed by atoms with Crippen LogP contribution in [0, 0.1) is 6.92 Å². The van der Waals surface area contributed by atoms with Gasteiger partial charge in [-0.15, -0.1) is 0 Å². The predicted octanol–water partition coefficient (Wildman–Crippen LogP) is 6.30. The van der Waals surface area contributed by atoms with Crippen molar-refractivity contribution in [3.63, 3.8) is 0 Å². The Morgan fingerprint density at radius 2 is 1.42 bits per heavy atom. The molecule has 31 heavy (non-hydrogen) atoms. The van der Waals surface area contributed by atoms with E-state index in [9.17, 15) is 13.2 Å². The third-order valence-corrected chi connectivity index (χ3v) is 14.9. The monoisotopic (exact) mass is 472 g/mol. The third-order valence-electron chi connectivity index (χ3n) is 5.92. The van der Waals surface area contributed by atoms with E-state index in [2.05, 4.69) is 27.4 Å². The number of ether oxygens (including phenoxy) is 1. The van der Waals surface area contributed by atoms with Crippen molar-refractivity contribution in [2.45, 2.75) is 71.1 Å². The van der Waals surface area contributed by atoms with Crippen LogP contribution in [0.2, 0.25) is 0 Å². The van der Waals surface area contributed by atoms with E-state index in [-0.39, 0.29) is 11.5 Å². The first-order chi connectivity index (χ1) is 14.7. The number of benzene rings is 1. The van der Waals surface area contributed by atoms with Crippen LogP contribution >= 0.6 is 6.83 Å². The summed E-state index contributed by atoms with van der Waals surface area (Å²) in [6.07, 6.45) is 9.36. The molecule has 0 amide bonds. The third kappa shape index (κ3) is 8.32. The van der Waals surface area contributed by atoms with Crippen molar-refractivity contribution in [3.05, 3.63) is 42.5 Å². The van der Waals surface area contributed by atoms with Gasteiger partial charge in [0.25, 0.3) is 0 Å². The summed E-state index contributed by atoms with van der Waals surface area (Å²) in [5, 5.41) is 0. The molecule has 0 unspecified atom stereocenters. The number of aryl methyl sites for hydroxylation is 1. The van der Waals surface area contributed by atoms with Gasteiger partial charge in [0.2, 0.25) is 0 Å². The fourth-order valence-corrected chi connectivity index (χ4v) is 13.4. The van der Waals surface area contributed by atoms with Crippen molar-refractivity contribution in [1.29, 1.82) is 0 Å². The van der Waals surface area contributed by atoms with Crippen LogP contribution in [0.15, 0.2) is 41.8 Å². The molecule has 0 atom stereocenters. The summed E-state index contributed by atoms with van der Waals surface area (Å²) in [6.45, 7) is 8.64. The van der Waals surface area contributed by atoms with Crippen molar-refractivity contribution >= 4 is 22.9 Å². The van der Waals surface area contributed by atoms with E-state index in [4.69, 9.17) is 8.71 Å². The standard InChI is InChI=1S/C24H41O5PS/c1-6-10-18-30(19-11-7-2,20-12-8-3,21-17-28-24(25)9-4)29-31(26,27)23-15-13-22(5)14-16-23/h9,13-16H,4,6-8,10-12,17-21H2,1-3,5H3. The van der Waals surface area contributed by atoms with Gasteiger partial charge >= 0.3 is 190 Å². The molecule has 0 saturated carbocycles. The van der Waals surface area contributed by atoms with E-state index in [1.165, 1.54) is 0 Å². The van der Waals surface area contributed by atoms with Gasteiger partial charge in [0.1, 0.15) is 0 Å². The van der Waals surface area contributed by atoms with Gasteiger partial charge < -0.3 is 0 Å². The number of carbonyl (C=O) groups excluding carboxylic acids is 1. The second kappa shape index (κ2) is 12.7. The van der Waals surface area contributed by atoms with Gasteiger partial charge in [0, 0.05) is 0 Å². The Morgan fingerprint density at radius 1 is 0.935 bits per heavy atom. The molecular formula is C24H41O5PS. The molecule has 0 bridgehead atoms. The zero-order valence-electron chi connectivity index (χ0n) is 19.8. The summed E-state index contributed by atoms with van der Waals surface area (Å²) >= 11 is 0. The minimum atomic E-state index is -3.94. The summed E-state index contributed by atoms with van der Waals surface area (Å²) in [7, 11) is -3.94. The zero-order valence-corrected chi connectivity index (χ0v) is 21.5. The van der Waals surface area contributed by atoms with E-state index < -0.39 is 22.9 Å². The number of carbonyl (C=O) groups is 1. The Hall–Kier alpha value is -1.23. The van der Waals surface area contributed by atoms with Crippen LogP contribution < -0.4 is 0 Å². The SMILES string of the molecule is C=CC(=O)OCCP(CCCC)(CCCC)(CCCC)OS(=O)(=O)c1ccc(C)cc1. The van der Waals surface area contributed by atoms with E-state index in [0.717, 1.165) is 68.7 Å². The maximum absolute atomic E-state index is 13.5. The Labute approximate surface area is 189 Å². The fraction of sp³-hybridized carbons (Fsp3) is 0.625. The molecule has 0 radical (unpaired) electrons. The first-order valence-corrected chi connectivity index (χ1v) is 15.8. The van der Waals surface area contributed by atoms with Crippen LogP contribution in [0.5, 0.6) is 0 Å². The van der Waals surface area contributed by atoms with Crippen molar-refractivity contribution in [3.8, 4) is 0 Å². The Kier molecular flexibility index (Phi) is 11.4. The van der Waals surface area contributed by atoms with E-state index >= 15 is 0 Å². The van der Waals surface area contributed by atoms with Crippen molar-refractivity contribution in [2.75, 3.05) is 31.3 Å². The molecule has 0 aromatic heterocycles. The summed E-state index contributed by atoms with van der Waals surface area (Å²) in [5.74, 6) is -0.487. The molecule has 0 N–H and O–H groups in total. The van der Waals surface area contributed by atoms with Gasteiger partial charge in [-0.3, -0.25) is 0 Å². The van der Waals surface area contributed by atoms with Crippen LogP contribution in [0.1, 0.15) is 64.9 Å². The molecule has 0 fully saturated rings. The number of rotatable bonds is 16. The van der Waals surface area contributed by atoms with Gasteiger partial charge in [0.05, 0.1) is 0 Å². The minimum absolute atomic E-state index is 0.156. The van der Waals surface area contributed by atoms with E-state index in [1.807, 2.05) is 6.92 Å². The molecule has 0 aliphatic rings. The number of unbranched alkanes of at least 4 members (excludes halogenated alkanes) is 3. The molecule has 0 aliphatic carbocycles. The Balaban J connectivity index is 3.49. The number of hydrogen-bond acceptors (Lipinski definition) is 5. The molecule has 7 heteroatoms. The average molecular weight is 473 g/mol. The van der Waals surface area contributed by atoms with Crippen molar-refractivity contribution < 1.29 is 21.9 Å². The maximum atomic E-state index is 13.5. The van der Waals surface area contributed by atoms with Crippen molar-refractivity contribution in [1.82, 2.24) is 0 Å². The van der Waals surface area contributed by atoms with Gasteiger partial charge in [-0.05, 0) is 0 Å². The molecule has 1 rings (SSSR count). The molecule has 1 aromatic carbocycles. The quantitative estimate of drug-likeness (QED) is 0.160. The molecule has 178 valence electrons. The first-order valence-electron chi connectivity index (χ1n) is 11.5.